The molecule has 1 aliphatic rings. The Morgan fingerprint density at radius 1 is 0.909 bits per heavy atom. The number of fused-ring (bicyclic) bond motifs is 1. The first kappa shape index (κ1) is 22.5. The molecule has 1 heterocycles. The van der Waals surface area contributed by atoms with E-state index in [1.165, 1.54) is 5.56 Å². The molecule has 0 aromatic heterocycles. The van der Waals surface area contributed by atoms with Gasteiger partial charge in [0.25, 0.3) is 0 Å². The summed E-state index contributed by atoms with van der Waals surface area (Å²) in [6.07, 6.45) is 1.62. The van der Waals surface area contributed by atoms with Crippen LogP contribution in [-0.2, 0) is 10.2 Å². The monoisotopic (exact) mass is 443 g/mol. The second kappa shape index (κ2) is 9.41. The minimum absolute atomic E-state index is 0.0496. The van der Waals surface area contributed by atoms with E-state index in [9.17, 15) is 4.79 Å². The average Bonchev–Trinajstić information content (AvgIpc) is 2.82. The highest BCUT2D eigenvalue weighted by molar-refractivity contribution is 6.06. The van der Waals surface area contributed by atoms with Crippen LogP contribution in [-0.4, -0.2) is 26.2 Å². The van der Waals surface area contributed by atoms with Gasteiger partial charge in [0.15, 0.2) is 11.5 Å². The van der Waals surface area contributed by atoms with E-state index in [1.807, 2.05) is 36.4 Å². The molecular formula is C28H29NO4. The van der Waals surface area contributed by atoms with Crippen LogP contribution in [0.15, 0.2) is 72.8 Å². The molecule has 0 radical (unpaired) electrons. The Kier molecular flexibility index (Phi) is 6.40. The number of hydrogen-bond donors (Lipinski definition) is 1. The van der Waals surface area contributed by atoms with Gasteiger partial charge in [0.2, 0.25) is 5.91 Å². The molecule has 3 aromatic carbocycles. The summed E-state index contributed by atoms with van der Waals surface area (Å²) in [7, 11) is 1.63. The van der Waals surface area contributed by atoms with Crippen LogP contribution in [0.25, 0.3) is 5.57 Å². The highest BCUT2D eigenvalue weighted by Gasteiger charge is 2.16. The molecule has 5 heteroatoms. The number of methoxy groups -OCH3 is 1. The summed E-state index contributed by atoms with van der Waals surface area (Å²) in [6, 6.07) is 21.5. The predicted molar refractivity (Wildman–Crippen MR) is 131 cm³/mol. The fraction of sp³-hybridized carbons (Fsp3) is 0.250. The van der Waals surface area contributed by atoms with Crippen molar-refractivity contribution < 1.29 is 19.0 Å². The third kappa shape index (κ3) is 5.37. The van der Waals surface area contributed by atoms with Crippen LogP contribution in [0.1, 0.15) is 37.5 Å². The maximum atomic E-state index is 13.0. The lowest BCUT2D eigenvalue weighted by Crippen LogP contribution is -2.16. The summed E-state index contributed by atoms with van der Waals surface area (Å²) < 4.78 is 16.6. The quantitative estimate of drug-likeness (QED) is 0.504. The number of amides is 1. The molecule has 0 bridgehead atoms. The molecule has 1 N–H and O–H groups in total. The summed E-state index contributed by atoms with van der Waals surface area (Å²) in [5.41, 5.74) is 4.59. The van der Waals surface area contributed by atoms with Crippen molar-refractivity contribution in [3.05, 3.63) is 89.5 Å². The van der Waals surface area contributed by atoms with Crippen molar-refractivity contribution >= 4 is 17.2 Å². The Labute approximate surface area is 195 Å². The molecule has 0 spiro atoms. The number of anilines is 1. The molecule has 3 aromatic rings. The Bertz CT molecular complexity index is 1170. The van der Waals surface area contributed by atoms with Crippen molar-refractivity contribution in [1.29, 1.82) is 0 Å². The summed E-state index contributed by atoms with van der Waals surface area (Å²) in [5, 5.41) is 2.94. The van der Waals surface area contributed by atoms with Crippen LogP contribution in [0.5, 0.6) is 17.2 Å². The first-order chi connectivity index (χ1) is 15.8. The van der Waals surface area contributed by atoms with Crippen molar-refractivity contribution in [3.8, 4) is 17.2 Å². The number of ether oxygens (including phenoxy) is 3. The Hall–Kier alpha value is -3.73. The lowest BCUT2D eigenvalue weighted by atomic mass is 9.85. The third-order valence-electron chi connectivity index (χ3n) is 5.53. The van der Waals surface area contributed by atoms with Crippen LogP contribution >= 0.6 is 0 Å². The number of carbonyl (C=O) groups is 1. The highest BCUT2D eigenvalue weighted by atomic mass is 16.6. The zero-order chi connectivity index (χ0) is 23.4. The smallest absolute Gasteiger partial charge is 0.249 e. The molecule has 33 heavy (non-hydrogen) atoms. The summed E-state index contributed by atoms with van der Waals surface area (Å²) >= 11 is 0. The molecule has 0 saturated heterocycles. The number of benzene rings is 3. The van der Waals surface area contributed by atoms with E-state index in [-0.39, 0.29) is 11.3 Å². The lowest BCUT2D eigenvalue weighted by molar-refractivity contribution is -0.111. The zero-order valence-electron chi connectivity index (χ0n) is 19.5. The molecule has 5 nitrogen and oxygen atoms in total. The van der Waals surface area contributed by atoms with E-state index >= 15 is 0 Å². The normalized spacial score (nSPS) is 13.4. The summed E-state index contributed by atoms with van der Waals surface area (Å²) in [5.74, 6) is 1.82. The fourth-order valence-corrected chi connectivity index (χ4v) is 3.70. The maximum Gasteiger partial charge on any atom is 0.249 e. The van der Waals surface area contributed by atoms with Gasteiger partial charge in [0, 0.05) is 17.8 Å². The van der Waals surface area contributed by atoms with Crippen LogP contribution in [0, 0.1) is 0 Å². The van der Waals surface area contributed by atoms with E-state index in [4.69, 9.17) is 14.2 Å². The van der Waals surface area contributed by atoms with Gasteiger partial charge in [-0.1, -0.05) is 57.2 Å². The molecule has 0 fully saturated rings. The van der Waals surface area contributed by atoms with Crippen LogP contribution < -0.4 is 19.5 Å². The molecule has 1 amide bonds. The first-order valence-corrected chi connectivity index (χ1v) is 11.0. The van der Waals surface area contributed by atoms with E-state index in [1.54, 1.807) is 19.3 Å². The SMILES string of the molecule is COc1cccc(/C(=C/C(=O)Nc2ccc3c(c2)OCCO3)c2ccc(C(C)(C)C)cc2)c1. The molecule has 0 saturated carbocycles. The van der Waals surface area contributed by atoms with Gasteiger partial charge in [-0.2, -0.15) is 0 Å². The Morgan fingerprint density at radius 3 is 2.33 bits per heavy atom. The van der Waals surface area contributed by atoms with Gasteiger partial charge < -0.3 is 19.5 Å². The lowest BCUT2D eigenvalue weighted by Gasteiger charge is -2.20. The number of carbonyl (C=O) groups excluding carboxylic acids is 1. The maximum absolute atomic E-state index is 13.0. The third-order valence-corrected chi connectivity index (χ3v) is 5.53. The molecule has 170 valence electrons. The zero-order valence-corrected chi connectivity index (χ0v) is 19.5. The second-order valence-corrected chi connectivity index (χ2v) is 8.97. The molecule has 1 aliphatic heterocycles. The Morgan fingerprint density at radius 2 is 1.64 bits per heavy atom. The van der Waals surface area contributed by atoms with Crippen molar-refractivity contribution in [2.24, 2.45) is 0 Å². The second-order valence-electron chi connectivity index (χ2n) is 8.97. The number of rotatable bonds is 5. The molecule has 0 atom stereocenters. The van der Waals surface area contributed by atoms with Crippen molar-refractivity contribution in [1.82, 2.24) is 0 Å². The van der Waals surface area contributed by atoms with Crippen molar-refractivity contribution in [3.63, 3.8) is 0 Å². The van der Waals surface area contributed by atoms with Crippen LogP contribution in [0.4, 0.5) is 5.69 Å². The van der Waals surface area contributed by atoms with Gasteiger partial charge in [-0.3, -0.25) is 4.79 Å². The standard InChI is InChI=1S/C28H29NO4/c1-28(2,3)21-10-8-19(9-11-21)24(20-6-5-7-23(16-20)31-4)18-27(30)29-22-12-13-25-26(17-22)33-15-14-32-25/h5-13,16-18H,14-15H2,1-4H3,(H,29,30)/b24-18+. The van der Waals surface area contributed by atoms with Crippen molar-refractivity contribution in [2.75, 3.05) is 25.6 Å². The van der Waals surface area contributed by atoms with Gasteiger partial charge in [0.05, 0.1) is 7.11 Å². The van der Waals surface area contributed by atoms with Gasteiger partial charge >= 0.3 is 0 Å². The summed E-state index contributed by atoms with van der Waals surface area (Å²) in [4.78, 5) is 13.0. The van der Waals surface area contributed by atoms with E-state index in [0.29, 0.717) is 30.4 Å². The van der Waals surface area contributed by atoms with Gasteiger partial charge in [0.1, 0.15) is 19.0 Å². The number of nitrogens with one attached hydrogen (secondary N) is 1. The molecule has 0 unspecified atom stereocenters. The molecule has 4 rings (SSSR count). The largest absolute Gasteiger partial charge is 0.497 e. The average molecular weight is 444 g/mol. The van der Waals surface area contributed by atoms with E-state index < -0.39 is 0 Å². The van der Waals surface area contributed by atoms with Gasteiger partial charge in [-0.15, -0.1) is 0 Å². The van der Waals surface area contributed by atoms with E-state index in [2.05, 4.69) is 50.4 Å². The topological polar surface area (TPSA) is 56.8 Å². The minimum atomic E-state index is -0.232. The predicted octanol–water partition coefficient (Wildman–Crippen LogP) is 5.83. The minimum Gasteiger partial charge on any atom is -0.497 e. The fourth-order valence-electron chi connectivity index (χ4n) is 3.70. The molecule has 0 aliphatic carbocycles. The van der Waals surface area contributed by atoms with Crippen LogP contribution in [0.3, 0.4) is 0 Å². The Balaban J connectivity index is 1.67. The first-order valence-electron chi connectivity index (χ1n) is 11.0. The van der Waals surface area contributed by atoms with Gasteiger partial charge in [-0.25, -0.2) is 0 Å². The van der Waals surface area contributed by atoms with E-state index in [0.717, 1.165) is 22.4 Å². The molecular weight excluding hydrogens is 414 g/mol. The summed E-state index contributed by atoms with van der Waals surface area (Å²) in [6.45, 7) is 7.57. The van der Waals surface area contributed by atoms with Crippen LogP contribution in [0.2, 0.25) is 0 Å². The van der Waals surface area contributed by atoms with Crippen molar-refractivity contribution in [2.45, 2.75) is 26.2 Å². The van der Waals surface area contributed by atoms with Gasteiger partial charge in [-0.05, 0) is 51.9 Å². The highest BCUT2D eigenvalue weighted by Crippen LogP contribution is 2.33. The number of hydrogen-bond acceptors (Lipinski definition) is 4.